The van der Waals surface area contributed by atoms with Crippen molar-refractivity contribution >= 4 is 39.9 Å². The molecule has 3 amide bonds. The summed E-state index contributed by atoms with van der Waals surface area (Å²) < 4.78 is 65.8. The van der Waals surface area contributed by atoms with Crippen LogP contribution in [0.2, 0.25) is 0 Å². The largest absolute Gasteiger partial charge is 0.416 e. The first-order chi connectivity index (χ1) is 17.9. The molecule has 2 aromatic rings. The van der Waals surface area contributed by atoms with E-state index in [0.717, 1.165) is 67.3 Å². The summed E-state index contributed by atoms with van der Waals surface area (Å²) in [6, 6.07) is 7.57. The van der Waals surface area contributed by atoms with E-state index in [4.69, 9.17) is 0 Å². The van der Waals surface area contributed by atoms with Gasteiger partial charge in [0.15, 0.2) is 0 Å². The van der Waals surface area contributed by atoms with Gasteiger partial charge in [-0.1, -0.05) is 25.3 Å². The van der Waals surface area contributed by atoms with Gasteiger partial charge in [-0.05, 0) is 62.2 Å². The second-order valence-electron chi connectivity index (χ2n) is 9.11. The molecule has 3 rings (SSSR count). The molecule has 0 saturated heterocycles. The van der Waals surface area contributed by atoms with Crippen LogP contribution in [0.4, 0.5) is 28.9 Å². The summed E-state index contributed by atoms with van der Waals surface area (Å²) in [4.78, 5) is 39.4. The molecule has 1 saturated carbocycles. The summed E-state index contributed by atoms with van der Waals surface area (Å²) in [5, 5.41) is 5.30. The Morgan fingerprint density at radius 2 is 1.68 bits per heavy atom. The first kappa shape index (κ1) is 29.3. The van der Waals surface area contributed by atoms with Gasteiger partial charge in [0.1, 0.15) is 23.4 Å². The highest BCUT2D eigenvalue weighted by Crippen LogP contribution is 2.32. The van der Waals surface area contributed by atoms with Gasteiger partial charge in [-0.3, -0.25) is 23.5 Å². The van der Waals surface area contributed by atoms with Crippen LogP contribution in [0.3, 0.4) is 0 Å². The zero-order valence-electron chi connectivity index (χ0n) is 20.7. The van der Waals surface area contributed by atoms with Crippen LogP contribution in [-0.2, 0) is 31.4 Å². The molecule has 0 radical (unpaired) electrons. The first-order valence-corrected chi connectivity index (χ1v) is 13.6. The van der Waals surface area contributed by atoms with Crippen LogP contribution in [0.25, 0.3) is 0 Å². The molecule has 2 atom stereocenters. The maximum Gasteiger partial charge on any atom is 0.416 e. The van der Waals surface area contributed by atoms with E-state index in [9.17, 15) is 36.2 Å². The smallest absolute Gasteiger partial charge is 0.352 e. The fourth-order valence-electron chi connectivity index (χ4n) is 4.24. The lowest BCUT2D eigenvalue weighted by molar-refractivity contribution is -0.137. The number of halogens is 4. The Morgan fingerprint density at radius 1 is 1.03 bits per heavy atom. The number of hydrogen-bond donors (Lipinski definition) is 2. The van der Waals surface area contributed by atoms with Gasteiger partial charge in [-0.2, -0.15) is 13.2 Å². The standard InChI is InChI=1S/C26H29F4N3O4S/c1-17(25(36)32-20-7-3-2-4-8-20)33(22-9-5-6-18(14-22)26(28,29)30)24(35)16-38(37)15-23(34)31-21-12-10-19(27)11-13-21/h5-6,9-14,17,20H,2-4,7-8,15-16H2,1H3,(H,31,34)(H,32,36)/t17-,38-/m0/s1. The summed E-state index contributed by atoms with van der Waals surface area (Å²) in [6.45, 7) is 1.39. The number of nitrogens with one attached hydrogen (secondary N) is 2. The lowest BCUT2D eigenvalue weighted by Gasteiger charge is -2.31. The molecule has 0 heterocycles. The zero-order chi connectivity index (χ0) is 27.9. The van der Waals surface area contributed by atoms with Gasteiger partial charge >= 0.3 is 6.18 Å². The maximum absolute atomic E-state index is 13.4. The van der Waals surface area contributed by atoms with Crippen molar-refractivity contribution in [3.63, 3.8) is 0 Å². The summed E-state index contributed by atoms with van der Waals surface area (Å²) in [6.07, 6.45) is -0.216. The van der Waals surface area contributed by atoms with Crippen molar-refractivity contribution in [3.8, 4) is 0 Å². The number of benzene rings is 2. The summed E-state index contributed by atoms with van der Waals surface area (Å²) in [5.74, 6) is -3.90. The van der Waals surface area contributed by atoms with Crippen LogP contribution in [-0.4, -0.2) is 45.5 Å². The fraction of sp³-hybridized carbons (Fsp3) is 0.423. The van der Waals surface area contributed by atoms with Gasteiger partial charge in [0.2, 0.25) is 17.7 Å². The third-order valence-electron chi connectivity index (χ3n) is 6.14. The molecular formula is C26H29F4N3O4S. The Kier molecular flexibility index (Phi) is 10.0. The van der Waals surface area contributed by atoms with Crippen molar-refractivity contribution in [1.29, 1.82) is 0 Å². The number of alkyl halides is 3. The van der Waals surface area contributed by atoms with Crippen LogP contribution in [0.15, 0.2) is 48.5 Å². The Labute approximate surface area is 220 Å². The van der Waals surface area contributed by atoms with Gasteiger partial charge in [0.25, 0.3) is 0 Å². The molecule has 1 fully saturated rings. The zero-order valence-corrected chi connectivity index (χ0v) is 21.5. The van der Waals surface area contributed by atoms with E-state index in [1.165, 1.54) is 25.1 Å². The normalized spacial score (nSPS) is 15.8. The lowest BCUT2D eigenvalue weighted by Crippen LogP contribution is -2.52. The van der Waals surface area contributed by atoms with Gasteiger partial charge in [0.05, 0.1) is 5.56 Å². The van der Waals surface area contributed by atoms with Crippen molar-refractivity contribution in [2.45, 2.75) is 57.3 Å². The predicted octanol–water partition coefficient (Wildman–Crippen LogP) is 4.40. The Hall–Kier alpha value is -3.28. The van der Waals surface area contributed by atoms with Crippen molar-refractivity contribution < 1.29 is 36.2 Å². The topological polar surface area (TPSA) is 95.6 Å². The molecule has 206 valence electrons. The number of nitrogens with zero attached hydrogens (tertiary/aromatic N) is 1. The minimum atomic E-state index is -4.68. The van der Waals surface area contributed by atoms with Gasteiger partial charge < -0.3 is 10.6 Å². The van der Waals surface area contributed by atoms with Crippen molar-refractivity contribution in [2.75, 3.05) is 21.7 Å². The Bertz CT molecular complexity index is 1170. The summed E-state index contributed by atoms with van der Waals surface area (Å²) in [7, 11) is -2.04. The second kappa shape index (κ2) is 13.0. The highest BCUT2D eigenvalue weighted by molar-refractivity contribution is 7.86. The molecule has 0 bridgehead atoms. The highest BCUT2D eigenvalue weighted by atomic mass is 32.2. The third kappa shape index (κ3) is 8.37. The van der Waals surface area contributed by atoms with E-state index in [-0.39, 0.29) is 17.4 Å². The molecule has 0 aliphatic heterocycles. The molecule has 38 heavy (non-hydrogen) atoms. The van der Waals surface area contributed by atoms with E-state index >= 15 is 0 Å². The van der Waals surface area contributed by atoms with Crippen LogP contribution in [0.1, 0.15) is 44.6 Å². The maximum atomic E-state index is 13.4. The van der Waals surface area contributed by atoms with Gasteiger partial charge in [-0.15, -0.1) is 0 Å². The minimum Gasteiger partial charge on any atom is -0.352 e. The van der Waals surface area contributed by atoms with Crippen molar-refractivity contribution in [1.82, 2.24) is 5.32 Å². The van der Waals surface area contributed by atoms with E-state index in [0.29, 0.717) is 0 Å². The van der Waals surface area contributed by atoms with Crippen LogP contribution < -0.4 is 15.5 Å². The number of hydrogen-bond acceptors (Lipinski definition) is 4. The molecule has 7 nitrogen and oxygen atoms in total. The van der Waals surface area contributed by atoms with E-state index in [1.807, 2.05) is 0 Å². The molecule has 0 aromatic heterocycles. The van der Waals surface area contributed by atoms with E-state index in [1.54, 1.807) is 0 Å². The highest BCUT2D eigenvalue weighted by Gasteiger charge is 2.34. The molecule has 2 N–H and O–H groups in total. The Morgan fingerprint density at radius 3 is 2.32 bits per heavy atom. The van der Waals surface area contributed by atoms with Crippen molar-refractivity contribution in [3.05, 3.63) is 59.9 Å². The molecule has 2 aromatic carbocycles. The summed E-state index contributed by atoms with van der Waals surface area (Å²) in [5.41, 5.74) is -0.922. The average molecular weight is 556 g/mol. The molecular weight excluding hydrogens is 526 g/mol. The summed E-state index contributed by atoms with van der Waals surface area (Å²) >= 11 is 0. The third-order valence-corrected chi connectivity index (χ3v) is 7.30. The first-order valence-electron chi connectivity index (χ1n) is 12.1. The second-order valence-corrected chi connectivity index (χ2v) is 10.6. The van der Waals surface area contributed by atoms with Crippen molar-refractivity contribution in [2.24, 2.45) is 0 Å². The average Bonchev–Trinajstić information content (AvgIpc) is 2.85. The lowest BCUT2D eigenvalue weighted by atomic mass is 9.95. The van der Waals surface area contributed by atoms with Crippen LogP contribution >= 0.6 is 0 Å². The number of carbonyl (C=O) groups excluding carboxylic acids is 3. The fourth-order valence-corrected chi connectivity index (χ4v) is 5.12. The number of carbonyl (C=O) groups is 3. The SMILES string of the molecule is C[C@@H](C(=O)NC1CCCCC1)N(C(=O)C[S@@](=O)CC(=O)Nc1ccc(F)cc1)c1cccc(C(F)(F)F)c1. The quantitative estimate of drug-likeness (QED) is 0.449. The van der Waals surface area contributed by atoms with Crippen LogP contribution in [0, 0.1) is 5.82 Å². The van der Waals surface area contributed by atoms with E-state index < -0.39 is 63.6 Å². The molecule has 1 aliphatic carbocycles. The molecule has 12 heteroatoms. The van der Waals surface area contributed by atoms with Gasteiger partial charge in [-0.25, -0.2) is 4.39 Å². The number of anilines is 2. The van der Waals surface area contributed by atoms with E-state index in [2.05, 4.69) is 10.6 Å². The predicted molar refractivity (Wildman–Crippen MR) is 136 cm³/mol. The number of rotatable bonds is 9. The monoisotopic (exact) mass is 555 g/mol. The molecule has 1 aliphatic rings. The minimum absolute atomic E-state index is 0.0959. The van der Waals surface area contributed by atoms with Gasteiger partial charge in [0, 0.05) is 28.2 Å². The Balaban J connectivity index is 1.75. The number of amides is 3. The molecule has 0 spiro atoms. The molecule has 0 unspecified atom stereocenters. The van der Waals surface area contributed by atoms with Crippen LogP contribution in [0.5, 0.6) is 0 Å².